The third kappa shape index (κ3) is 4.69. The number of amides is 1. The van der Waals surface area contributed by atoms with Gasteiger partial charge in [-0.15, -0.1) is 0 Å². The number of piperidine rings is 2. The highest BCUT2D eigenvalue weighted by molar-refractivity contribution is 5.78. The van der Waals surface area contributed by atoms with E-state index in [1.165, 1.54) is 25.3 Å². The van der Waals surface area contributed by atoms with Crippen molar-refractivity contribution in [1.82, 2.24) is 14.8 Å². The predicted molar refractivity (Wildman–Crippen MR) is 109 cm³/mol. The van der Waals surface area contributed by atoms with E-state index in [9.17, 15) is 9.18 Å². The number of rotatable bonds is 5. The van der Waals surface area contributed by atoms with Crippen LogP contribution in [-0.2, 0) is 16.6 Å². The molecule has 0 spiro atoms. The molecule has 0 saturated carbocycles. The van der Waals surface area contributed by atoms with E-state index >= 15 is 0 Å². The SMILES string of the molecule is C[C@@]1(c2ncc(Cc3ccccc3F)o2)CCCN(C(=O)CN2CCCCC2)C1. The van der Waals surface area contributed by atoms with Gasteiger partial charge < -0.3 is 9.32 Å². The topological polar surface area (TPSA) is 49.6 Å². The molecule has 2 aliphatic rings. The highest BCUT2D eigenvalue weighted by Gasteiger charge is 2.38. The minimum atomic E-state index is -0.302. The zero-order chi connectivity index (χ0) is 20.3. The van der Waals surface area contributed by atoms with Crippen LogP contribution in [0.4, 0.5) is 4.39 Å². The number of hydrogen-bond donors (Lipinski definition) is 0. The molecule has 1 aromatic heterocycles. The summed E-state index contributed by atoms with van der Waals surface area (Å²) < 4.78 is 20.0. The Morgan fingerprint density at radius 1 is 1.17 bits per heavy atom. The molecule has 29 heavy (non-hydrogen) atoms. The van der Waals surface area contributed by atoms with E-state index in [-0.39, 0.29) is 17.1 Å². The molecule has 2 aliphatic heterocycles. The standard InChI is InChI=1S/C23H30FN3O2/c1-23(22-25-15-19(29-22)14-18-8-3-4-9-20(18)24)10-7-13-27(17-23)21(28)16-26-11-5-2-6-12-26/h3-4,8-9,15H,2,5-7,10-14,16-17H2,1H3/t23-/m1/s1. The van der Waals surface area contributed by atoms with Crippen molar-refractivity contribution >= 4 is 5.91 Å². The lowest BCUT2D eigenvalue weighted by Crippen LogP contribution is -2.50. The quantitative estimate of drug-likeness (QED) is 0.768. The Balaban J connectivity index is 1.41. The van der Waals surface area contributed by atoms with Crippen molar-refractivity contribution in [3.63, 3.8) is 0 Å². The Labute approximate surface area is 171 Å². The molecule has 0 bridgehead atoms. The smallest absolute Gasteiger partial charge is 0.236 e. The van der Waals surface area contributed by atoms with Gasteiger partial charge in [0, 0.05) is 19.5 Å². The molecule has 2 aromatic rings. The zero-order valence-corrected chi connectivity index (χ0v) is 17.2. The number of aromatic nitrogens is 1. The molecule has 1 atom stereocenters. The second kappa shape index (κ2) is 8.66. The lowest BCUT2D eigenvalue weighted by atomic mass is 9.81. The highest BCUT2D eigenvalue weighted by Crippen LogP contribution is 2.34. The van der Waals surface area contributed by atoms with Crippen molar-refractivity contribution in [2.75, 3.05) is 32.7 Å². The normalized spacial score (nSPS) is 23.3. The van der Waals surface area contributed by atoms with Gasteiger partial charge in [0.15, 0.2) is 0 Å². The Bertz CT molecular complexity index is 846. The number of carbonyl (C=O) groups is 1. The van der Waals surface area contributed by atoms with E-state index < -0.39 is 0 Å². The van der Waals surface area contributed by atoms with Gasteiger partial charge in [0.1, 0.15) is 11.6 Å². The van der Waals surface area contributed by atoms with Crippen molar-refractivity contribution in [3.05, 3.63) is 53.5 Å². The van der Waals surface area contributed by atoms with Crippen LogP contribution in [0.2, 0.25) is 0 Å². The molecule has 3 heterocycles. The van der Waals surface area contributed by atoms with Crippen LogP contribution >= 0.6 is 0 Å². The van der Waals surface area contributed by atoms with Gasteiger partial charge in [-0.3, -0.25) is 9.69 Å². The van der Waals surface area contributed by atoms with Crippen molar-refractivity contribution in [2.45, 2.75) is 50.9 Å². The number of nitrogens with zero attached hydrogens (tertiary/aromatic N) is 3. The minimum absolute atomic E-state index is 0.205. The summed E-state index contributed by atoms with van der Waals surface area (Å²) in [6, 6.07) is 6.73. The van der Waals surface area contributed by atoms with Crippen molar-refractivity contribution in [2.24, 2.45) is 0 Å². The number of carbonyl (C=O) groups excluding carboxylic acids is 1. The summed E-state index contributed by atoms with van der Waals surface area (Å²) in [7, 11) is 0. The van der Waals surface area contributed by atoms with Gasteiger partial charge in [-0.05, 0) is 57.3 Å². The van der Waals surface area contributed by atoms with Crippen LogP contribution in [0.5, 0.6) is 0 Å². The Morgan fingerprint density at radius 2 is 1.97 bits per heavy atom. The molecular formula is C23H30FN3O2. The monoisotopic (exact) mass is 399 g/mol. The summed E-state index contributed by atoms with van der Waals surface area (Å²) in [5.74, 6) is 1.28. The molecule has 6 heteroatoms. The lowest BCUT2D eigenvalue weighted by molar-refractivity contribution is -0.135. The average Bonchev–Trinajstić information content (AvgIpc) is 3.20. The zero-order valence-electron chi connectivity index (χ0n) is 17.2. The first-order valence-corrected chi connectivity index (χ1v) is 10.7. The van der Waals surface area contributed by atoms with E-state index in [0.29, 0.717) is 36.7 Å². The maximum absolute atomic E-state index is 13.9. The van der Waals surface area contributed by atoms with E-state index in [1.54, 1.807) is 18.3 Å². The second-order valence-electron chi connectivity index (χ2n) is 8.72. The maximum atomic E-state index is 13.9. The lowest BCUT2D eigenvalue weighted by Gasteiger charge is -2.39. The van der Waals surface area contributed by atoms with Gasteiger partial charge in [0.05, 0.1) is 18.2 Å². The third-order valence-corrected chi connectivity index (χ3v) is 6.25. The summed E-state index contributed by atoms with van der Waals surface area (Å²) >= 11 is 0. The first-order valence-electron chi connectivity index (χ1n) is 10.7. The highest BCUT2D eigenvalue weighted by atomic mass is 19.1. The molecule has 0 N–H and O–H groups in total. The fraction of sp³-hybridized carbons (Fsp3) is 0.565. The number of halogens is 1. The Kier molecular flexibility index (Phi) is 5.99. The van der Waals surface area contributed by atoms with Crippen molar-refractivity contribution < 1.29 is 13.6 Å². The van der Waals surface area contributed by atoms with Crippen LogP contribution in [0.25, 0.3) is 0 Å². The first-order chi connectivity index (χ1) is 14.0. The van der Waals surface area contributed by atoms with Gasteiger partial charge in [0.2, 0.25) is 11.8 Å². The minimum Gasteiger partial charge on any atom is -0.445 e. The Morgan fingerprint density at radius 3 is 2.76 bits per heavy atom. The van der Waals surface area contributed by atoms with Crippen LogP contribution in [-0.4, -0.2) is 53.4 Å². The van der Waals surface area contributed by atoms with Crippen LogP contribution < -0.4 is 0 Å². The maximum Gasteiger partial charge on any atom is 0.236 e. The van der Waals surface area contributed by atoms with Gasteiger partial charge >= 0.3 is 0 Å². The van der Waals surface area contributed by atoms with Gasteiger partial charge in [0.25, 0.3) is 0 Å². The first kappa shape index (κ1) is 20.1. The average molecular weight is 400 g/mol. The Hall–Kier alpha value is -2.21. The van der Waals surface area contributed by atoms with Crippen LogP contribution in [0.1, 0.15) is 56.2 Å². The van der Waals surface area contributed by atoms with E-state index in [1.807, 2.05) is 11.0 Å². The molecule has 5 nitrogen and oxygen atoms in total. The number of oxazole rings is 1. The molecule has 156 valence electrons. The van der Waals surface area contributed by atoms with E-state index in [4.69, 9.17) is 4.42 Å². The van der Waals surface area contributed by atoms with Crippen LogP contribution in [0, 0.1) is 5.82 Å². The third-order valence-electron chi connectivity index (χ3n) is 6.25. The van der Waals surface area contributed by atoms with E-state index in [2.05, 4.69) is 16.8 Å². The molecule has 0 radical (unpaired) electrons. The van der Waals surface area contributed by atoms with Crippen LogP contribution in [0.15, 0.2) is 34.9 Å². The summed E-state index contributed by atoms with van der Waals surface area (Å²) in [6.07, 6.45) is 7.59. The molecule has 0 aliphatic carbocycles. The van der Waals surface area contributed by atoms with Crippen molar-refractivity contribution in [1.29, 1.82) is 0 Å². The summed E-state index contributed by atoms with van der Waals surface area (Å²) in [5.41, 5.74) is 0.297. The van der Waals surface area contributed by atoms with Gasteiger partial charge in [-0.25, -0.2) is 9.37 Å². The molecule has 1 aromatic carbocycles. The summed E-state index contributed by atoms with van der Waals surface area (Å²) in [6.45, 7) is 6.10. The molecule has 4 rings (SSSR count). The molecule has 2 saturated heterocycles. The predicted octanol–water partition coefficient (Wildman–Crippen LogP) is 3.77. The molecular weight excluding hydrogens is 369 g/mol. The number of benzene rings is 1. The number of hydrogen-bond acceptors (Lipinski definition) is 4. The summed E-state index contributed by atoms with van der Waals surface area (Å²) in [4.78, 5) is 21.6. The molecule has 0 unspecified atom stereocenters. The fourth-order valence-corrected chi connectivity index (χ4v) is 4.53. The number of likely N-dealkylation sites (tertiary alicyclic amines) is 2. The molecule has 2 fully saturated rings. The summed E-state index contributed by atoms with van der Waals surface area (Å²) in [5, 5.41) is 0. The van der Waals surface area contributed by atoms with Gasteiger partial charge in [-0.1, -0.05) is 24.6 Å². The van der Waals surface area contributed by atoms with Crippen LogP contribution in [0.3, 0.4) is 0 Å². The fourth-order valence-electron chi connectivity index (χ4n) is 4.53. The largest absolute Gasteiger partial charge is 0.445 e. The van der Waals surface area contributed by atoms with Crippen molar-refractivity contribution in [3.8, 4) is 0 Å². The van der Waals surface area contributed by atoms with E-state index in [0.717, 1.165) is 32.5 Å². The van der Waals surface area contributed by atoms with Gasteiger partial charge in [-0.2, -0.15) is 0 Å². The molecule has 1 amide bonds. The second-order valence-corrected chi connectivity index (χ2v) is 8.72.